The van der Waals surface area contributed by atoms with Gasteiger partial charge in [0.1, 0.15) is 0 Å². The van der Waals surface area contributed by atoms with Gasteiger partial charge in [0.15, 0.2) is 0 Å². The Balaban J connectivity index is 1.73. The number of aliphatic hydroxyl groups is 1. The van der Waals surface area contributed by atoms with Crippen molar-refractivity contribution in [1.82, 2.24) is 15.3 Å². The Labute approximate surface area is 118 Å². The molecule has 1 aliphatic rings. The lowest BCUT2D eigenvalue weighted by atomic mass is 9.88. The van der Waals surface area contributed by atoms with Crippen LogP contribution in [0.15, 0.2) is 42.7 Å². The fraction of sp³-hybridized carbons (Fsp3) is 0.375. The largest absolute Gasteiger partial charge is 0.389 e. The molecule has 2 aromatic rings. The summed E-state index contributed by atoms with van der Waals surface area (Å²) in [5, 5.41) is 13.8. The maximum Gasteiger partial charge on any atom is 0.0885 e. The van der Waals surface area contributed by atoms with Gasteiger partial charge in [-0.2, -0.15) is 0 Å². The second-order valence-electron chi connectivity index (χ2n) is 5.41. The first-order chi connectivity index (χ1) is 9.75. The normalized spacial score (nSPS) is 17.9. The van der Waals surface area contributed by atoms with Crippen molar-refractivity contribution >= 4 is 0 Å². The first kappa shape index (κ1) is 13.2. The zero-order valence-electron chi connectivity index (χ0n) is 11.4. The predicted molar refractivity (Wildman–Crippen MR) is 78.2 cm³/mol. The monoisotopic (exact) mass is 269 g/mol. The summed E-state index contributed by atoms with van der Waals surface area (Å²) in [7, 11) is 0. The molecular weight excluding hydrogens is 250 g/mol. The lowest BCUT2D eigenvalue weighted by molar-refractivity contribution is 0.00995. The van der Waals surface area contributed by atoms with Crippen molar-refractivity contribution in [3.05, 3.63) is 48.4 Å². The number of aromatic nitrogens is 2. The van der Waals surface area contributed by atoms with Gasteiger partial charge in [0, 0.05) is 18.2 Å². The molecule has 0 unspecified atom stereocenters. The zero-order chi connectivity index (χ0) is 13.8. The summed E-state index contributed by atoms with van der Waals surface area (Å²) in [5.74, 6) is 0. The Hall–Kier alpha value is -1.78. The molecule has 3 rings (SSSR count). The summed E-state index contributed by atoms with van der Waals surface area (Å²) in [6.07, 6.45) is 5.69. The maximum atomic E-state index is 10.5. The molecule has 1 aromatic carbocycles. The van der Waals surface area contributed by atoms with Gasteiger partial charge in [0.25, 0.3) is 0 Å². The standard InChI is InChI=1S/C16H19N3O/c20-16(6-8-17-9-7-16)10-14-11-19-15(12-18-14)13-4-2-1-3-5-13/h1-5,11-12,17,20H,6-10H2. The molecule has 0 spiro atoms. The number of hydrogen-bond donors (Lipinski definition) is 2. The third kappa shape index (κ3) is 3.03. The molecule has 2 heterocycles. The zero-order valence-corrected chi connectivity index (χ0v) is 11.4. The molecule has 1 aromatic heterocycles. The number of nitrogens with zero attached hydrogens (tertiary/aromatic N) is 2. The predicted octanol–water partition coefficient (Wildman–Crippen LogP) is 1.80. The van der Waals surface area contributed by atoms with E-state index < -0.39 is 5.60 Å². The average molecular weight is 269 g/mol. The number of nitrogens with one attached hydrogen (secondary N) is 1. The molecule has 1 saturated heterocycles. The van der Waals surface area contributed by atoms with Gasteiger partial charge in [0.05, 0.1) is 23.2 Å². The van der Waals surface area contributed by atoms with Crippen molar-refractivity contribution in [2.75, 3.05) is 13.1 Å². The third-order valence-corrected chi connectivity index (χ3v) is 3.82. The second-order valence-corrected chi connectivity index (χ2v) is 5.41. The fourth-order valence-corrected chi connectivity index (χ4v) is 2.61. The fourth-order valence-electron chi connectivity index (χ4n) is 2.61. The lowest BCUT2D eigenvalue weighted by Crippen LogP contribution is -2.43. The summed E-state index contributed by atoms with van der Waals surface area (Å²) in [6, 6.07) is 10.00. The quantitative estimate of drug-likeness (QED) is 0.892. The van der Waals surface area contributed by atoms with Crippen molar-refractivity contribution in [2.45, 2.75) is 24.9 Å². The number of benzene rings is 1. The van der Waals surface area contributed by atoms with Gasteiger partial charge in [-0.05, 0) is 25.9 Å². The van der Waals surface area contributed by atoms with Crippen LogP contribution in [0.3, 0.4) is 0 Å². The van der Waals surface area contributed by atoms with Gasteiger partial charge in [-0.25, -0.2) is 0 Å². The van der Waals surface area contributed by atoms with Crippen LogP contribution in [0.5, 0.6) is 0 Å². The SMILES string of the molecule is OC1(Cc2cnc(-c3ccccc3)cn2)CCNCC1. The van der Waals surface area contributed by atoms with E-state index in [4.69, 9.17) is 0 Å². The van der Waals surface area contributed by atoms with Crippen LogP contribution in [0.2, 0.25) is 0 Å². The molecule has 0 aliphatic carbocycles. The third-order valence-electron chi connectivity index (χ3n) is 3.82. The van der Waals surface area contributed by atoms with E-state index in [1.807, 2.05) is 30.3 Å². The van der Waals surface area contributed by atoms with Crippen LogP contribution in [-0.2, 0) is 6.42 Å². The summed E-state index contributed by atoms with van der Waals surface area (Å²) in [5.41, 5.74) is 2.15. The number of rotatable bonds is 3. The Morgan fingerprint density at radius 1 is 1.05 bits per heavy atom. The molecule has 1 aliphatic heterocycles. The molecule has 4 heteroatoms. The van der Waals surface area contributed by atoms with Gasteiger partial charge in [-0.15, -0.1) is 0 Å². The minimum absolute atomic E-state index is 0.580. The molecule has 0 atom stereocenters. The molecule has 20 heavy (non-hydrogen) atoms. The van der Waals surface area contributed by atoms with Crippen LogP contribution >= 0.6 is 0 Å². The molecular formula is C16H19N3O. The average Bonchev–Trinajstić information content (AvgIpc) is 2.49. The van der Waals surface area contributed by atoms with Gasteiger partial charge >= 0.3 is 0 Å². The van der Waals surface area contributed by atoms with Crippen LogP contribution in [0.25, 0.3) is 11.3 Å². The van der Waals surface area contributed by atoms with Gasteiger partial charge < -0.3 is 10.4 Å². The van der Waals surface area contributed by atoms with Crippen LogP contribution in [0.1, 0.15) is 18.5 Å². The summed E-state index contributed by atoms with van der Waals surface area (Å²) in [6.45, 7) is 1.73. The Morgan fingerprint density at radius 3 is 2.45 bits per heavy atom. The first-order valence-electron chi connectivity index (χ1n) is 7.05. The molecule has 0 saturated carbocycles. The van der Waals surface area contributed by atoms with Crippen molar-refractivity contribution < 1.29 is 5.11 Å². The summed E-state index contributed by atoms with van der Waals surface area (Å²) < 4.78 is 0. The van der Waals surface area contributed by atoms with Crippen molar-refractivity contribution in [2.24, 2.45) is 0 Å². The van der Waals surface area contributed by atoms with Crippen LogP contribution < -0.4 is 5.32 Å². The van der Waals surface area contributed by atoms with E-state index in [1.54, 1.807) is 12.4 Å². The molecule has 0 amide bonds. The topological polar surface area (TPSA) is 58.0 Å². The Kier molecular flexibility index (Phi) is 3.76. The molecule has 104 valence electrons. The van der Waals surface area contributed by atoms with E-state index >= 15 is 0 Å². The van der Waals surface area contributed by atoms with E-state index in [1.165, 1.54) is 0 Å². The smallest absolute Gasteiger partial charge is 0.0885 e. The van der Waals surface area contributed by atoms with E-state index in [0.29, 0.717) is 6.42 Å². The minimum Gasteiger partial charge on any atom is -0.389 e. The van der Waals surface area contributed by atoms with Gasteiger partial charge in [-0.3, -0.25) is 9.97 Å². The highest BCUT2D eigenvalue weighted by Gasteiger charge is 2.29. The highest BCUT2D eigenvalue weighted by Crippen LogP contribution is 2.23. The number of hydrogen-bond acceptors (Lipinski definition) is 4. The van der Waals surface area contributed by atoms with Crippen molar-refractivity contribution in [3.8, 4) is 11.3 Å². The Morgan fingerprint density at radius 2 is 1.80 bits per heavy atom. The van der Waals surface area contributed by atoms with Gasteiger partial charge in [-0.1, -0.05) is 30.3 Å². The molecule has 0 bridgehead atoms. The first-order valence-corrected chi connectivity index (χ1v) is 7.05. The van der Waals surface area contributed by atoms with Crippen molar-refractivity contribution in [3.63, 3.8) is 0 Å². The lowest BCUT2D eigenvalue weighted by Gasteiger charge is -2.32. The van der Waals surface area contributed by atoms with E-state index in [2.05, 4.69) is 15.3 Å². The summed E-state index contributed by atoms with van der Waals surface area (Å²) >= 11 is 0. The number of piperidine rings is 1. The second kappa shape index (κ2) is 5.69. The van der Waals surface area contributed by atoms with E-state index in [0.717, 1.165) is 42.9 Å². The van der Waals surface area contributed by atoms with E-state index in [9.17, 15) is 5.11 Å². The molecule has 0 radical (unpaired) electrons. The Bertz CT molecular complexity index is 548. The highest BCUT2D eigenvalue weighted by atomic mass is 16.3. The molecule has 1 fully saturated rings. The minimum atomic E-state index is -0.631. The van der Waals surface area contributed by atoms with Crippen LogP contribution in [0.4, 0.5) is 0 Å². The van der Waals surface area contributed by atoms with E-state index in [-0.39, 0.29) is 0 Å². The highest BCUT2D eigenvalue weighted by molar-refractivity contribution is 5.57. The molecule has 4 nitrogen and oxygen atoms in total. The van der Waals surface area contributed by atoms with Gasteiger partial charge in [0.2, 0.25) is 0 Å². The van der Waals surface area contributed by atoms with Crippen molar-refractivity contribution in [1.29, 1.82) is 0 Å². The maximum absolute atomic E-state index is 10.5. The van der Waals surface area contributed by atoms with Crippen LogP contribution in [-0.4, -0.2) is 33.8 Å². The molecule has 2 N–H and O–H groups in total. The van der Waals surface area contributed by atoms with Crippen LogP contribution in [0, 0.1) is 0 Å². The summed E-state index contributed by atoms with van der Waals surface area (Å²) in [4.78, 5) is 8.91.